The molecule has 16 heavy (non-hydrogen) atoms. The highest BCUT2D eigenvalue weighted by molar-refractivity contribution is 5.81. The van der Waals surface area contributed by atoms with Gasteiger partial charge in [0.2, 0.25) is 0 Å². The Morgan fingerprint density at radius 3 is 2.94 bits per heavy atom. The second-order valence-corrected chi connectivity index (χ2v) is 3.69. The summed E-state index contributed by atoms with van der Waals surface area (Å²) in [6, 6.07) is 18.2. The number of hydrogen-bond acceptors (Lipinski definition) is 1. The van der Waals surface area contributed by atoms with Gasteiger partial charge in [0.05, 0.1) is 5.52 Å². The number of rotatable bonds is 1. The van der Waals surface area contributed by atoms with Crippen LogP contribution in [0, 0.1) is 6.07 Å². The summed E-state index contributed by atoms with van der Waals surface area (Å²) < 4.78 is 2.03. The van der Waals surface area contributed by atoms with Crippen molar-refractivity contribution in [2.75, 3.05) is 0 Å². The van der Waals surface area contributed by atoms with Crippen molar-refractivity contribution in [3.05, 3.63) is 60.8 Å². The Bertz CT molecular complexity index is 640. The SMILES string of the molecule is Oc1cccc(-n2ccc3cc[c]cc32)c1. The molecule has 3 aromatic rings. The smallest absolute Gasteiger partial charge is 0.117 e. The number of aromatic hydroxyl groups is 1. The Labute approximate surface area is 93.4 Å². The van der Waals surface area contributed by atoms with Crippen molar-refractivity contribution in [1.29, 1.82) is 0 Å². The largest absolute Gasteiger partial charge is 0.508 e. The topological polar surface area (TPSA) is 25.2 Å². The molecule has 0 saturated heterocycles. The van der Waals surface area contributed by atoms with Crippen LogP contribution in [0.3, 0.4) is 0 Å². The maximum absolute atomic E-state index is 9.46. The van der Waals surface area contributed by atoms with Gasteiger partial charge in [0.15, 0.2) is 0 Å². The molecule has 0 saturated carbocycles. The van der Waals surface area contributed by atoms with Gasteiger partial charge >= 0.3 is 0 Å². The molecule has 2 nitrogen and oxygen atoms in total. The fourth-order valence-electron chi connectivity index (χ4n) is 1.89. The molecule has 1 N–H and O–H groups in total. The third kappa shape index (κ3) is 1.36. The lowest BCUT2D eigenvalue weighted by Crippen LogP contribution is -1.90. The van der Waals surface area contributed by atoms with Crippen LogP contribution in [0.5, 0.6) is 5.75 Å². The van der Waals surface area contributed by atoms with Crippen molar-refractivity contribution in [2.24, 2.45) is 0 Å². The van der Waals surface area contributed by atoms with Crippen LogP contribution in [-0.4, -0.2) is 9.67 Å². The van der Waals surface area contributed by atoms with Crippen LogP contribution in [0.25, 0.3) is 16.6 Å². The Kier molecular flexibility index (Phi) is 1.93. The van der Waals surface area contributed by atoms with Gasteiger partial charge in [-0.05, 0) is 35.7 Å². The van der Waals surface area contributed by atoms with E-state index in [4.69, 9.17) is 0 Å². The number of phenolic OH excluding ortho intramolecular Hbond substituents is 1. The van der Waals surface area contributed by atoms with E-state index < -0.39 is 0 Å². The van der Waals surface area contributed by atoms with Crippen molar-refractivity contribution >= 4 is 10.9 Å². The molecular formula is C14H10NO. The summed E-state index contributed by atoms with van der Waals surface area (Å²) in [6.07, 6.45) is 1.99. The molecule has 3 rings (SSSR count). The minimum Gasteiger partial charge on any atom is -0.508 e. The zero-order valence-electron chi connectivity index (χ0n) is 8.59. The van der Waals surface area contributed by atoms with E-state index in [2.05, 4.69) is 6.07 Å². The third-order valence-corrected chi connectivity index (χ3v) is 2.65. The highest BCUT2D eigenvalue weighted by Gasteiger charge is 2.02. The predicted octanol–water partition coefficient (Wildman–Crippen LogP) is 3.14. The summed E-state index contributed by atoms with van der Waals surface area (Å²) in [5.41, 5.74) is 2.04. The Morgan fingerprint density at radius 1 is 1.12 bits per heavy atom. The second kappa shape index (κ2) is 3.42. The maximum Gasteiger partial charge on any atom is 0.117 e. The number of nitrogens with zero attached hydrogens (tertiary/aromatic N) is 1. The number of benzene rings is 2. The number of aromatic nitrogens is 1. The summed E-state index contributed by atoms with van der Waals surface area (Å²) in [5, 5.41) is 10.6. The van der Waals surface area contributed by atoms with Gasteiger partial charge in [-0.15, -0.1) is 0 Å². The van der Waals surface area contributed by atoms with Gasteiger partial charge in [-0.3, -0.25) is 0 Å². The summed E-state index contributed by atoms with van der Waals surface area (Å²) in [6.45, 7) is 0. The first kappa shape index (κ1) is 9.04. The summed E-state index contributed by atoms with van der Waals surface area (Å²) >= 11 is 0. The van der Waals surface area contributed by atoms with Gasteiger partial charge in [-0.2, -0.15) is 0 Å². The van der Waals surface area contributed by atoms with Crippen LogP contribution >= 0.6 is 0 Å². The molecule has 1 aromatic heterocycles. The van der Waals surface area contributed by atoms with Gasteiger partial charge in [0.1, 0.15) is 5.75 Å². The van der Waals surface area contributed by atoms with Crippen molar-refractivity contribution < 1.29 is 5.11 Å². The predicted molar refractivity (Wildman–Crippen MR) is 63.8 cm³/mol. The maximum atomic E-state index is 9.46. The van der Waals surface area contributed by atoms with E-state index in [1.54, 1.807) is 12.1 Å². The molecule has 2 aromatic carbocycles. The van der Waals surface area contributed by atoms with Crippen molar-refractivity contribution in [2.45, 2.75) is 0 Å². The first-order chi connectivity index (χ1) is 7.84. The molecule has 0 atom stereocenters. The van der Waals surface area contributed by atoms with Gasteiger partial charge in [0, 0.05) is 18.0 Å². The van der Waals surface area contributed by atoms with Gasteiger partial charge in [-0.1, -0.05) is 18.2 Å². The first-order valence-electron chi connectivity index (χ1n) is 5.11. The fourth-order valence-corrected chi connectivity index (χ4v) is 1.89. The fraction of sp³-hybridized carbons (Fsp3) is 0. The number of fused-ring (bicyclic) bond motifs is 1. The molecule has 0 bridgehead atoms. The minimum atomic E-state index is 0.277. The molecule has 1 heterocycles. The lowest BCUT2D eigenvalue weighted by atomic mass is 10.2. The molecule has 0 amide bonds. The van der Waals surface area contributed by atoms with E-state index in [-0.39, 0.29) is 5.75 Å². The molecule has 0 aliphatic rings. The molecule has 77 valence electrons. The van der Waals surface area contributed by atoms with E-state index in [0.29, 0.717) is 0 Å². The zero-order valence-corrected chi connectivity index (χ0v) is 8.59. The molecule has 0 aliphatic heterocycles. The molecule has 1 radical (unpaired) electrons. The quantitative estimate of drug-likeness (QED) is 0.653. The third-order valence-electron chi connectivity index (χ3n) is 2.65. The van der Waals surface area contributed by atoms with Crippen LogP contribution in [0.4, 0.5) is 0 Å². The van der Waals surface area contributed by atoms with Crippen molar-refractivity contribution in [1.82, 2.24) is 4.57 Å². The van der Waals surface area contributed by atoms with Crippen molar-refractivity contribution in [3.63, 3.8) is 0 Å². The van der Waals surface area contributed by atoms with Gasteiger partial charge in [0.25, 0.3) is 0 Å². The normalized spacial score (nSPS) is 10.8. The minimum absolute atomic E-state index is 0.277. The summed E-state index contributed by atoms with van der Waals surface area (Å²) in [5.74, 6) is 0.277. The van der Waals surface area contributed by atoms with E-state index >= 15 is 0 Å². The molecule has 2 heteroatoms. The van der Waals surface area contributed by atoms with E-state index in [9.17, 15) is 5.11 Å². The highest BCUT2D eigenvalue weighted by atomic mass is 16.3. The molecule has 0 fully saturated rings. The van der Waals surface area contributed by atoms with E-state index in [1.807, 2.05) is 47.2 Å². The van der Waals surface area contributed by atoms with Crippen LogP contribution in [0.1, 0.15) is 0 Å². The van der Waals surface area contributed by atoms with E-state index in [1.165, 1.54) is 5.39 Å². The second-order valence-electron chi connectivity index (χ2n) is 3.69. The Morgan fingerprint density at radius 2 is 2.06 bits per heavy atom. The number of hydrogen-bond donors (Lipinski definition) is 1. The summed E-state index contributed by atoms with van der Waals surface area (Å²) in [4.78, 5) is 0. The molecular weight excluding hydrogens is 198 g/mol. The van der Waals surface area contributed by atoms with Crippen LogP contribution in [0.15, 0.2) is 54.7 Å². The lowest BCUT2D eigenvalue weighted by Gasteiger charge is -2.05. The lowest BCUT2D eigenvalue weighted by molar-refractivity contribution is 0.475. The number of phenols is 1. The van der Waals surface area contributed by atoms with Crippen molar-refractivity contribution in [3.8, 4) is 11.4 Å². The highest BCUT2D eigenvalue weighted by Crippen LogP contribution is 2.22. The monoisotopic (exact) mass is 208 g/mol. The molecule has 0 aliphatic carbocycles. The van der Waals surface area contributed by atoms with Crippen LogP contribution < -0.4 is 0 Å². The van der Waals surface area contributed by atoms with Gasteiger partial charge in [-0.25, -0.2) is 0 Å². The average Bonchev–Trinajstić information content (AvgIpc) is 2.72. The standard InChI is InChI=1S/C14H10NO/c16-13-6-3-5-12(10-13)15-9-8-11-4-1-2-7-14(11)15/h1,3-10,16H. The Balaban J connectivity index is 2.26. The summed E-state index contributed by atoms with van der Waals surface area (Å²) in [7, 11) is 0. The molecule has 0 spiro atoms. The average molecular weight is 208 g/mol. The Hall–Kier alpha value is -2.22. The van der Waals surface area contributed by atoms with E-state index in [0.717, 1.165) is 11.2 Å². The van der Waals surface area contributed by atoms with Crippen LogP contribution in [-0.2, 0) is 0 Å². The first-order valence-corrected chi connectivity index (χ1v) is 5.11. The molecule has 0 unspecified atom stereocenters. The van der Waals surface area contributed by atoms with Crippen LogP contribution in [0.2, 0.25) is 0 Å². The zero-order chi connectivity index (χ0) is 11.0. The van der Waals surface area contributed by atoms with Gasteiger partial charge < -0.3 is 9.67 Å².